The smallest absolute Gasteiger partial charge is 0.150 e. The molecule has 0 saturated carbocycles. The van der Waals surface area contributed by atoms with Gasteiger partial charge in [0.15, 0.2) is 0 Å². The van der Waals surface area contributed by atoms with E-state index in [0.29, 0.717) is 5.56 Å². The van der Waals surface area contributed by atoms with Crippen LogP contribution in [0.3, 0.4) is 0 Å². The fourth-order valence-corrected chi connectivity index (χ4v) is 4.12. The number of hydrogen-bond acceptors (Lipinski definition) is 1. The lowest BCUT2D eigenvalue weighted by molar-refractivity contribution is 0.112. The Morgan fingerprint density at radius 1 is 0.531 bits per heavy atom. The molecule has 154 valence electrons. The summed E-state index contributed by atoms with van der Waals surface area (Å²) < 4.78 is 0. The number of aromatic nitrogens is 4. The summed E-state index contributed by atoms with van der Waals surface area (Å²) in [7, 11) is 0. The van der Waals surface area contributed by atoms with Gasteiger partial charge in [0.05, 0.1) is 0 Å². The van der Waals surface area contributed by atoms with E-state index in [4.69, 9.17) is 0 Å². The number of aromatic amines is 4. The molecule has 8 bridgehead atoms. The van der Waals surface area contributed by atoms with Crippen LogP contribution in [0.25, 0.3) is 35.4 Å². The van der Waals surface area contributed by atoms with E-state index in [1.807, 2.05) is 24.3 Å². The zero-order valence-corrected chi connectivity index (χ0v) is 17.1. The van der Waals surface area contributed by atoms with Crippen LogP contribution in [0, 0.1) is 0 Å². The fourth-order valence-electron chi connectivity index (χ4n) is 4.12. The minimum Gasteiger partial charge on any atom is -0.355 e. The summed E-state index contributed by atoms with van der Waals surface area (Å²) in [6.07, 6.45) is 9.25. The van der Waals surface area contributed by atoms with Crippen LogP contribution in [0.15, 0.2) is 66.7 Å². The maximum Gasteiger partial charge on any atom is 0.150 e. The van der Waals surface area contributed by atoms with Gasteiger partial charge in [0.25, 0.3) is 0 Å². The Morgan fingerprint density at radius 3 is 1.69 bits per heavy atom. The van der Waals surface area contributed by atoms with Crippen molar-refractivity contribution < 1.29 is 4.79 Å². The van der Waals surface area contributed by atoms with Crippen LogP contribution in [0.2, 0.25) is 0 Å². The number of benzene rings is 1. The Labute approximate surface area is 183 Å². The fraction of sp³-hybridized carbons (Fsp3) is 0. The normalized spacial score (nSPS) is 12.2. The predicted octanol–water partition coefficient (Wildman–Crippen LogP) is 2.11. The zero-order chi connectivity index (χ0) is 21.5. The van der Waals surface area contributed by atoms with E-state index in [9.17, 15) is 4.79 Å². The van der Waals surface area contributed by atoms with Gasteiger partial charge in [-0.05, 0) is 72.3 Å². The van der Waals surface area contributed by atoms with Crippen LogP contribution < -0.4 is 21.4 Å². The van der Waals surface area contributed by atoms with Crippen molar-refractivity contribution in [1.29, 1.82) is 0 Å². The van der Waals surface area contributed by atoms with Crippen molar-refractivity contribution in [1.82, 2.24) is 19.9 Å². The molecule has 0 radical (unpaired) electrons. The second-order valence-electron chi connectivity index (χ2n) is 7.98. The van der Waals surface area contributed by atoms with Crippen molar-refractivity contribution in [3.05, 3.63) is 116 Å². The van der Waals surface area contributed by atoms with E-state index in [1.54, 1.807) is 0 Å². The van der Waals surface area contributed by atoms with Gasteiger partial charge in [0, 0.05) is 55.3 Å². The van der Waals surface area contributed by atoms with Gasteiger partial charge in [-0.15, -0.1) is 0 Å². The number of carbonyl (C=O) groups is 1. The standard InChI is InChI=1S/C27H20N4O/c32-16-17-1-3-18(4-2-17)26-14-25-13-23-8-7-21(29-23)11-19-5-6-20(28-19)12-22-9-10-24(30-22)15-27(26)31-25/h1-16,28-31H. The Hall–Kier alpha value is -4.51. The molecule has 0 amide bonds. The number of H-pyrrole nitrogens is 4. The molecule has 0 unspecified atom stereocenters. The monoisotopic (exact) mass is 416 g/mol. The molecule has 5 aromatic rings. The first-order valence-corrected chi connectivity index (χ1v) is 10.5. The summed E-state index contributed by atoms with van der Waals surface area (Å²) in [5.74, 6) is 0. The Kier molecular flexibility index (Phi) is 4.18. The quantitative estimate of drug-likeness (QED) is 0.321. The number of fused-ring (bicyclic) bond motifs is 8. The molecule has 4 N–H and O–H groups in total. The number of carbonyl (C=O) groups excluding carboxylic acids is 1. The topological polar surface area (TPSA) is 80.2 Å². The molecular formula is C27H20N4O. The third-order valence-corrected chi connectivity index (χ3v) is 5.65. The highest BCUT2D eigenvalue weighted by Gasteiger charge is 2.05. The average Bonchev–Trinajstić information content (AvgIpc) is 3.59. The average molecular weight is 416 g/mol. The maximum absolute atomic E-state index is 11.1. The molecular weight excluding hydrogens is 396 g/mol. The molecule has 0 aliphatic carbocycles. The molecule has 1 aliphatic rings. The molecule has 0 fully saturated rings. The lowest BCUT2D eigenvalue weighted by Gasteiger charge is -1.99. The highest BCUT2D eigenvalue weighted by molar-refractivity contribution is 5.77. The lowest BCUT2D eigenvalue weighted by atomic mass is 10.1. The molecule has 6 rings (SSSR count). The van der Waals surface area contributed by atoms with Gasteiger partial charge in [-0.1, -0.05) is 24.3 Å². The van der Waals surface area contributed by atoms with Crippen molar-refractivity contribution in [3.63, 3.8) is 0 Å². The molecule has 1 aliphatic heterocycles. The summed E-state index contributed by atoms with van der Waals surface area (Å²) >= 11 is 0. The zero-order valence-electron chi connectivity index (χ0n) is 17.1. The van der Waals surface area contributed by atoms with Crippen LogP contribution in [0.4, 0.5) is 0 Å². The van der Waals surface area contributed by atoms with Crippen molar-refractivity contribution in [2.45, 2.75) is 0 Å². The van der Waals surface area contributed by atoms with E-state index < -0.39 is 0 Å². The number of aldehydes is 1. The highest BCUT2D eigenvalue weighted by atomic mass is 16.1. The first kappa shape index (κ1) is 18.3. The molecule has 4 aromatic heterocycles. The number of nitrogens with one attached hydrogen (secondary N) is 4. The van der Waals surface area contributed by atoms with Crippen molar-refractivity contribution in [2.75, 3.05) is 0 Å². The van der Waals surface area contributed by atoms with Gasteiger partial charge >= 0.3 is 0 Å². The highest BCUT2D eigenvalue weighted by Crippen LogP contribution is 2.15. The largest absolute Gasteiger partial charge is 0.355 e. The van der Waals surface area contributed by atoms with E-state index in [-0.39, 0.29) is 0 Å². The van der Waals surface area contributed by atoms with Gasteiger partial charge in [-0.2, -0.15) is 0 Å². The second-order valence-corrected chi connectivity index (χ2v) is 7.98. The van der Waals surface area contributed by atoms with Gasteiger partial charge in [-0.25, -0.2) is 0 Å². The van der Waals surface area contributed by atoms with Crippen LogP contribution >= 0.6 is 0 Å². The van der Waals surface area contributed by atoms with E-state index in [0.717, 1.165) is 61.6 Å². The van der Waals surface area contributed by atoms with Crippen LogP contribution in [0.5, 0.6) is 0 Å². The van der Waals surface area contributed by atoms with Crippen LogP contribution in [-0.2, 0) is 0 Å². The van der Waals surface area contributed by atoms with Crippen molar-refractivity contribution in [2.24, 2.45) is 0 Å². The SMILES string of the molecule is O=Cc1ccc(-c2cc3[nH]c2=Cc2ccc([nH]2)C=c2ccc([nH]2)=Cc2ccc([nH]2)C=3)cc1. The molecule has 0 saturated heterocycles. The predicted molar refractivity (Wildman–Crippen MR) is 127 cm³/mol. The van der Waals surface area contributed by atoms with Gasteiger partial charge in [-0.3, -0.25) is 4.79 Å². The maximum atomic E-state index is 11.1. The van der Waals surface area contributed by atoms with Gasteiger partial charge in [0.1, 0.15) is 6.29 Å². The Balaban J connectivity index is 1.60. The Bertz CT molecular complexity index is 1690. The number of hydrogen-bond donors (Lipinski definition) is 4. The second kappa shape index (κ2) is 7.32. The van der Waals surface area contributed by atoms with Gasteiger partial charge in [0.2, 0.25) is 0 Å². The molecule has 5 heterocycles. The molecule has 0 atom stereocenters. The molecule has 5 heteroatoms. The molecule has 32 heavy (non-hydrogen) atoms. The summed E-state index contributed by atoms with van der Waals surface area (Å²) in [6, 6.07) is 22.2. The van der Waals surface area contributed by atoms with E-state index >= 15 is 0 Å². The molecule has 5 nitrogen and oxygen atoms in total. The summed E-state index contributed by atoms with van der Waals surface area (Å²) in [5.41, 5.74) is 6.86. The van der Waals surface area contributed by atoms with Crippen LogP contribution in [0.1, 0.15) is 33.1 Å². The van der Waals surface area contributed by atoms with Crippen molar-refractivity contribution >= 4 is 30.6 Å². The minimum atomic E-state index is 0.666. The van der Waals surface area contributed by atoms with E-state index in [1.165, 1.54) is 0 Å². The third kappa shape index (κ3) is 3.46. The molecule has 1 aromatic carbocycles. The van der Waals surface area contributed by atoms with E-state index in [2.05, 4.69) is 86.7 Å². The minimum absolute atomic E-state index is 0.666. The summed E-state index contributed by atoms with van der Waals surface area (Å²) in [6.45, 7) is 0. The summed E-state index contributed by atoms with van der Waals surface area (Å²) in [5, 5.41) is 4.06. The first-order valence-electron chi connectivity index (χ1n) is 10.5. The summed E-state index contributed by atoms with van der Waals surface area (Å²) in [4.78, 5) is 25.0. The first-order chi connectivity index (χ1) is 15.7. The Morgan fingerprint density at radius 2 is 1.09 bits per heavy atom. The van der Waals surface area contributed by atoms with Gasteiger partial charge < -0.3 is 19.9 Å². The molecule has 0 spiro atoms. The number of rotatable bonds is 2. The third-order valence-electron chi connectivity index (χ3n) is 5.65. The van der Waals surface area contributed by atoms with Crippen LogP contribution in [-0.4, -0.2) is 26.2 Å². The lowest BCUT2D eigenvalue weighted by Crippen LogP contribution is -2.11. The van der Waals surface area contributed by atoms with Crippen molar-refractivity contribution in [3.8, 4) is 11.1 Å².